The fourth-order valence-corrected chi connectivity index (χ4v) is 3.69. The molecule has 2 fully saturated rings. The summed E-state index contributed by atoms with van der Waals surface area (Å²) < 4.78 is 0. The van der Waals surface area contributed by atoms with Crippen LogP contribution < -0.4 is 10.6 Å². The van der Waals surface area contributed by atoms with Gasteiger partial charge in [0, 0.05) is 13.1 Å². The molecule has 0 radical (unpaired) electrons. The predicted octanol–water partition coefficient (Wildman–Crippen LogP) is 3.16. The zero-order valence-corrected chi connectivity index (χ0v) is 14.8. The standard InChI is InChI=1S/C14H16Cl3N3O.ClH/c15-10-1-12(17)13(2-11(10)16)19-14(21)7-20-5-8-3-18-4-9(8)6-20;/h1-2,8-9,18H,3-7H2,(H,19,21);1H/t8-,9+;. The molecular formula is C14H17Cl4N3O. The van der Waals surface area contributed by atoms with E-state index in [2.05, 4.69) is 15.5 Å². The maximum Gasteiger partial charge on any atom is 0.238 e. The Morgan fingerprint density at radius 1 is 1.14 bits per heavy atom. The quantitative estimate of drug-likeness (QED) is 0.786. The Kier molecular flexibility index (Phi) is 6.22. The van der Waals surface area contributed by atoms with E-state index in [0.29, 0.717) is 39.1 Å². The first kappa shape index (κ1) is 18.1. The second-order valence-electron chi connectivity index (χ2n) is 5.67. The van der Waals surface area contributed by atoms with Gasteiger partial charge < -0.3 is 10.6 Å². The maximum atomic E-state index is 12.1. The van der Waals surface area contributed by atoms with Gasteiger partial charge in [0.1, 0.15) is 0 Å². The van der Waals surface area contributed by atoms with Crippen molar-refractivity contribution in [3.05, 3.63) is 27.2 Å². The average Bonchev–Trinajstić information content (AvgIpc) is 2.96. The first-order chi connectivity index (χ1) is 10.0. The van der Waals surface area contributed by atoms with E-state index in [0.717, 1.165) is 26.2 Å². The molecule has 0 unspecified atom stereocenters. The largest absolute Gasteiger partial charge is 0.324 e. The minimum atomic E-state index is -0.0804. The third-order valence-corrected chi connectivity index (χ3v) is 5.15. The van der Waals surface area contributed by atoms with E-state index in [1.54, 1.807) is 6.07 Å². The highest BCUT2D eigenvalue weighted by Crippen LogP contribution is 2.32. The van der Waals surface area contributed by atoms with Crippen LogP contribution in [0.4, 0.5) is 5.69 Å². The first-order valence-corrected chi connectivity index (χ1v) is 8.04. The zero-order valence-electron chi connectivity index (χ0n) is 11.7. The lowest BCUT2D eigenvalue weighted by atomic mass is 10.0. The van der Waals surface area contributed by atoms with Crippen LogP contribution in [0.15, 0.2) is 12.1 Å². The third-order valence-electron chi connectivity index (χ3n) is 4.12. The van der Waals surface area contributed by atoms with Gasteiger partial charge in [-0.15, -0.1) is 12.4 Å². The number of likely N-dealkylation sites (tertiary alicyclic amines) is 1. The number of anilines is 1. The van der Waals surface area contributed by atoms with E-state index in [1.165, 1.54) is 6.07 Å². The molecule has 0 aromatic heterocycles. The lowest BCUT2D eigenvalue weighted by Gasteiger charge is -2.17. The minimum absolute atomic E-state index is 0. The van der Waals surface area contributed by atoms with Crippen LogP contribution in [0.3, 0.4) is 0 Å². The molecule has 4 nitrogen and oxygen atoms in total. The van der Waals surface area contributed by atoms with Gasteiger partial charge in [-0.2, -0.15) is 0 Å². The van der Waals surface area contributed by atoms with Gasteiger partial charge in [0.05, 0.1) is 27.3 Å². The molecular weight excluding hydrogens is 368 g/mol. The second kappa shape index (κ2) is 7.56. The van der Waals surface area contributed by atoms with E-state index < -0.39 is 0 Å². The molecule has 22 heavy (non-hydrogen) atoms. The molecule has 122 valence electrons. The van der Waals surface area contributed by atoms with Crippen LogP contribution in [0.25, 0.3) is 0 Å². The lowest BCUT2D eigenvalue weighted by Crippen LogP contribution is -2.33. The Labute approximate surface area is 150 Å². The van der Waals surface area contributed by atoms with Gasteiger partial charge in [-0.1, -0.05) is 34.8 Å². The molecule has 1 aromatic rings. The van der Waals surface area contributed by atoms with E-state index in [-0.39, 0.29) is 18.3 Å². The summed E-state index contributed by atoms with van der Waals surface area (Å²) in [5.41, 5.74) is 0.497. The Morgan fingerprint density at radius 3 is 2.36 bits per heavy atom. The first-order valence-electron chi connectivity index (χ1n) is 6.90. The van der Waals surface area contributed by atoms with Crippen molar-refractivity contribution >= 4 is 58.8 Å². The topological polar surface area (TPSA) is 44.4 Å². The Morgan fingerprint density at radius 2 is 1.73 bits per heavy atom. The molecule has 0 saturated carbocycles. The van der Waals surface area contributed by atoms with Crippen molar-refractivity contribution in [3.63, 3.8) is 0 Å². The van der Waals surface area contributed by atoms with Crippen molar-refractivity contribution in [1.29, 1.82) is 0 Å². The number of fused-ring (bicyclic) bond motifs is 1. The molecule has 2 atom stereocenters. The summed E-state index contributed by atoms with van der Waals surface area (Å²) in [5.74, 6) is 1.26. The van der Waals surface area contributed by atoms with Gasteiger partial charge in [-0.3, -0.25) is 9.69 Å². The SMILES string of the molecule is Cl.O=C(CN1C[C@H]2CNC[C@H]2C1)Nc1cc(Cl)c(Cl)cc1Cl. The smallest absolute Gasteiger partial charge is 0.238 e. The highest BCUT2D eigenvalue weighted by Gasteiger charge is 2.36. The Balaban J connectivity index is 0.00000176. The molecule has 2 heterocycles. The number of rotatable bonds is 3. The number of benzene rings is 1. The molecule has 0 aliphatic carbocycles. The van der Waals surface area contributed by atoms with Gasteiger partial charge in [0.25, 0.3) is 0 Å². The third kappa shape index (κ3) is 3.99. The fraction of sp³-hybridized carbons (Fsp3) is 0.500. The number of hydrogen-bond donors (Lipinski definition) is 2. The lowest BCUT2D eigenvalue weighted by molar-refractivity contribution is -0.117. The van der Waals surface area contributed by atoms with Gasteiger partial charge in [-0.05, 0) is 37.1 Å². The van der Waals surface area contributed by atoms with E-state index in [9.17, 15) is 4.79 Å². The average molecular weight is 385 g/mol. The number of nitrogens with zero attached hydrogens (tertiary/aromatic N) is 1. The Bertz CT molecular complexity index is 557. The zero-order chi connectivity index (χ0) is 15.0. The molecule has 1 aromatic carbocycles. The van der Waals surface area contributed by atoms with Crippen LogP contribution in [-0.4, -0.2) is 43.5 Å². The van der Waals surface area contributed by atoms with Crippen LogP contribution in [0.5, 0.6) is 0 Å². The van der Waals surface area contributed by atoms with E-state index >= 15 is 0 Å². The maximum absolute atomic E-state index is 12.1. The molecule has 3 rings (SSSR count). The van der Waals surface area contributed by atoms with Gasteiger partial charge in [0.2, 0.25) is 5.91 Å². The normalized spacial score (nSPS) is 24.0. The summed E-state index contributed by atoms with van der Waals surface area (Å²) in [6.07, 6.45) is 0. The number of hydrogen-bond acceptors (Lipinski definition) is 3. The summed E-state index contributed by atoms with van der Waals surface area (Å²) >= 11 is 17.9. The number of amides is 1. The summed E-state index contributed by atoms with van der Waals surface area (Å²) in [5, 5.41) is 7.32. The van der Waals surface area contributed by atoms with Crippen LogP contribution in [0, 0.1) is 11.8 Å². The molecule has 1 amide bonds. The highest BCUT2D eigenvalue weighted by atomic mass is 35.5. The number of nitrogens with one attached hydrogen (secondary N) is 2. The monoisotopic (exact) mass is 383 g/mol. The molecule has 2 N–H and O–H groups in total. The van der Waals surface area contributed by atoms with Gasteiger partial charge in [-0.25, -0.2) is 0 Å². The molecule has 0 spiro atoms. The molecule has 2 aliphatic heterocycles. The Hall–Kier alpha value is -0.230. The molecule has 2 saturated heterocycles. The number of halogens is 4. The van der Waals surface area contributed by atoms with Crippen LogP contribution in [-0.2, 0) is 4.79 Å². The van der Waals surface area contributed by atoms with Gasteiger partial charge in [0.15, 0.2) is 0 Å². The number of carbonyl (C=O) groups is 1. The van der Waals surface area contributed by atoms with Gasteiger partial charge >= 0.3 is 0 Å². The predicted molar refractivity (Wildman–Crippen MR) is 93.6 cm³/mol. The van der Waals surface area contributed by atoms with E-state index in [4.69, 9.17) is 34.8 Å². The van der Waals surface area contributed by atoms with Crippen molar-refractivity contribution in [1.82, 2.24) is 10.2 Å². The summed E-state index contributed by atoms with van der Waals surface area (Å²) in [7, 11) is 0. The van der Waals surface area contributed by atoms with Crippen LogP contribution in [0.1, 0.15) is 0 Å². The summed E-state index contributed by atoms with van der Waals surface area (Å²) in [6.45, 7) is 4.44. The second-order valence-corrected chi connectivity index (χ2v) is 6.89. The summed E-state index contributed by atoms with van der Waals surface area (Å²) in [6, 6.07) is 3.11. The van der Waals surface area contributed by atoms with Crippen molar-refractivity contribution in [2.45, 2.75) is 0 Å². The van der Waals surface area contributed by atoms with Crippen LogP contribution >= 0.6 is 47.2 Å². The van der Waals surface area contributed by atoms with Crippen molar-refractivity contribution in [2.24, 2.45) is 11.8 Å². The molecule has 8 heteroatoms. The molecule has 2 aliphatic rings. The van der Waals surface area contributed by atoms with Crippen LogP contribution in [0.2, 0.25) is 15.1 Å². The fourth-order valence-electron chi connectivity index (χ4n) is 3.09. The minimum Gasteiger partial charge on any atom is -0.324 e. The molecule has 0 bridgehead atoms. The van der Waals surface area contributed by atoms with E-state index in [1.807, 2.05) is 0 Å². The van der Waals surface area contributed by atoms with Crippen molar-refractivity contribution in [2.75, 3.05) is 38.0 Å². The summed E-state index contributed by atoms with van der Waals surface area (Å²) in [4.78, 5) is 14.3. The number of carbonyl (C=O) groups excluding carboxylic acids is 1. The van der Waals surface area contributed by atoms with Crippen molar-refractivity contribution < 1.29 is 4.79 Å². The highest BCUT2D eigenvalue weighted by molar-refractivity contribution is 6.44. The van der Waals surface area contributed by atoms with Crippen molar-refractivity contribution in [3.8, 4) is 0 Å².